The number of pyridine rings is 1. The smallest absolute Gasteiger partial charge is 0.252 e. The first-order valence-corrected chi connectivity index (χ1v) is 16.4. The first-order chi connectivity index (χ1) is 17.6. The molecule has 5 nitrogen and oxygen atoms in total. The summed E-state index contributed by atoms with van der Waals surface area (Å²) in [4.78, 5) is 21.8. The van der Waals surface area contributed by atoms with Crippen LogP contribution in [0.2, 0.25) is 0 Å². The van der Waals surface area contributed by atoms with Crippen molar-refractivity contribution >= 4 is 34.3 Å². The lowest BCUT2D eigenvalue weighted by molar-refractivity contribution is 0.0952. The average Bonchev–Trinajstić information content (AvgIpc) is 2.90. The third-order valence-corrected chi connectivity index (χ3v) is 8.24. The number of anilines is 1. The summed E-state index contributed by atoms with van der Waals surface area (Å²) in [5.41, 5.74) is 0.663. The van der Waals surface area contributed by atoms with E-state index in [1.54, 1.807) is 6.20 Å². The largest absolute Gasteiger partial charge is 0.354 e. The molecule has 2 rings (SSSR count). The molecule has 1 aliphatic heterocycles. The number of piperazine rings is 1. The molecule has 206 valence electrons. The van der Waals surface area contributed by atoms with E-state index in [-0.39, 0.29) is 5.91 Å². The molecule has 36 heavy (non-hydrogen) atoms. The van der Waals surface area contributed by atoms with Gasteiger partial charge in [-0.05, 0) is 43.2 Å². The lowest BCUT2D eigenvalue weighted by atomic mass is 10.0. The summed E-state index contributed by atoms with van der Waals surface area (Å²) in [5, 5.41) is 3.07. The molecule has 0 aliphatic carbocycles. The number of aromatic nitrogens is 1. The Hall–Kier alpha value is -0.890. The zero-order chi connectivity index (χ0) is 25.8. The van der Waals surface area contributed by atoms with Crippen molar-refractivity contribution in [2.45, 2.75) is 116 Å². The molecular formula is C30H53IN4O. The van der Waals surface area contributed by atoms with Crippen molar-refractivity contribution in [2.75, 3.05) is 42.1 Å². The van der Waals surface area contributed by atoms with E-state index in [0.717, 1.165) is 45.0 Å². The molecule has 0 bridgehead atoms. The van der Waals surface area contributed by atoms with Crippen LogP contribution in [0.25, 0.3) is 0 Å². The number of hydrogen-bond donors (Lipinski definition) is 1. The molecule has 1 aromatic heterocycles. The second-order valence-corrected chi connectivity index (χ2v) is 11.8. The summed E-state index contributed by atoms with van der Waals surface area (Å²) in [5.74, 6) is 0.979. The number of hydrogen-bond acceptors (Lipinski definition) is 4. The van der Waals surface area contributed by atoms with Crippen molar-refractivity contribution in [3.05, 3.63) is 23.9 Å². The Morgan fingerprint density at radius 2 is 1.31 bits per heavy atom. The van der Waals surface area contributed by atoms with E-state index in [1.807, 2.05) is 12.1 Å². The summed E-state index contributed by atoms with van der Waals surface area (Å²) < 4.78 is 1.32. The second kappa shape index (κ2) is 20.1. The molecule has 1 aromatic rings. The molecule has 2 heterocycles. The first-order valence-electron chi connectivity index (χ1n) is 14.9. The van der Waals surface area contributed by atoms with Crippen molar-refractivity contribution in [1.82, 2.24) is 15.2 Å². The Morgan fingerprint density at radius 3 is 1.75 bits per heavy atom. The Kier molecular flexibility index (Phi) is 17.5. The van der Waals surface area contributed by atoms with Gasteiger partial charge in [0.05, 0.1) is 5.56 Å². The highest BCUT2D eigenvalue weighted by molar-refractivity contribution is 14.1. The minimum absolute atomic E-state index is 0.000637. The lowest BCUT2D eigenvalue weighted by Gasteiger charge is -2.37. The highest BCUT2D eigenvalue weighted by Crippen LogP contribution is 2.16. The molecule has 0 aromatic carbocycles. The normalized spacial score (nSPS) is 14.5. The highest BCUT2D eigenvalue weighted by atomic mass is 127. The molecule has 1 fully saturated rings. The van der Waals surface area contributed by atoms with E-state index in [1.165, 1.54) is 94.3 Å². The molecular weight excluding hydrogens is 559 g/mol. The molecule has 1 N–H and O–H groups in total. The van der Waals surface area contributed by atoms with Crippen LogP contribution >= 0.6 is 22.6 Å². The van der Waals surface area contributed by atoms with Gasteiger partial charge in [-0.25, -0.2) is 4.98 Å². The number of halogens is 1. The van der Waals surface area contributed by atoms with Crippen molar-refractivity contribution < 1.29 is 4.79 Å². The third kappa shape index (κ3) is 13.6. The molecule has 1 aliphatic rings. The van der Waals surface area contributed by atoms with Crippen molar-refractivity contribution in [1.29, 1.82) is 0 Å². The predicted molar refractivity (Wildman–Crippen MR) is 164 cm³/mol. The maximum Gasteiger partial charge on any atom is 0.252 e. The van der Waals surface area contributed by atoms with Gasteiger partial charge in [-0.15, -0.1) is 0 Å². The third-order valence-electron chi connectivity index (χ3n) is 7.47. The Balaban J connectivity index is 1.41. The van der Waals surface area contributed by atoms with E-state index in [4.69, 9.17) is 0 Å². The summed E-state index contributed by atoms with van der Waals surface area (Å²) in [6, 6.07) is 4.51. The zero-order valence-electron chi connectivity index (χ0n) is 23.3. The van der Waals surface area contributed by atoms with Gasteiger partial charge in [0.25, 0.3) is 5.91 Å². The standard InChI is InChI=1S/C30H53IN4O/c1-27(2)34-22-24-35(25-23-34)29-19-18-28(26-33-29)30(36)32-21-17-15-13-11-9-7-5-3-4-6-8-10-12-14-16-20-31/h18-19,26-27H,3-17,20-25H2,1-2H3,(H,32,36). The fourth-order valence-electron chi connectivity index (χ4n) is 5.00. The maximum atomic E-state index is 12.4. The van der Waals surface area contributed by atoms with Crippen LogP contribution in [-0.4, -0.2) is 59.0 Å². The predicted octanol–water partition coefficient (Wildman–Crippen LogP) is 7.63. The molecule has 0 saturated carbocycles. The topological polar surface area (TPSA) is 48.5 Å². The highest BCUT2D eigenvalue weighted by Gasteiger charge is 2.19. The molecule has 1 amide bonds. The SMILES string of the molecule is CC(C)N1CCN(c2ccc(C(=O)NCCCCCCCCCCCCCCCCCI)cn2)CC1. The van der Waals surface area contributed by atoms with Gasteiger partial charge in [-0.1, -0.05) is 106 Å². The maximum absolute atomic E-state index is 12.4. The van der Waals surface area contributed by atoms with Crippen molar-refractivity contribution in [3.63, 3.8) is 0 Å². The van der Waals surface area contributed by atoms with Gasteiger partial charge in [0.2, 0.25) is 0 Å². The number of alkyl halides is 1. The van der Waals surface area contributed by atoms with Crippen LogP contribution < -0.4 is 10.2 Å². The first kappa shape index (κ1) is 31.3. The number of carbonyl (C=O) groups excluding carboxylic acids is 1. The van der Waals surface area contributed by atoms with Crippen LogP contribution in [0.4, 0.5) is 5.82 Å². The Morgan fingerprint density at radius 1 is 0.806 bits per heavy atom. The van der Waals surface area contributed by atoms with Crippen LogP contribution in [0, 0.1) is 0 Å². The molecule has 0 spiro atoms. The van der Waals surface area contributed by atoms with Crippen molar-refractivity contribution in [2.24, 2.45) is 0 Å². The summed E-state index contributed by atoms with van der Waals surface area (Å²) in [7, 11) is 0. The number of nitrogens with zero attached hydrogens (tertiary/aromatic N) is 3. The van der Waals surface area contributed by atoms with E-state index in [9.17, 15) is 4.79 Å². The van der Waals surface area contributed by atoms with Gasteiger partial charge in [0.15, 0.2) is 0 Å². The van der Waals surface area contributed by atoms with Gasteiger partial charge in [0.1, 0.15) is 5.82 Å². The van der Waals surface area contributed by atoms with E-state index in [2.05, 4.69) is 56.5 Å². The summed E-state index contributed by atoms with van der Waals surface area (Å²) in [6.45, 7) is 9.39. The quantitative estimate of drug-likeness (QED) is 0.0935. The van der Waals surface area contributed by atoms with Gasteiger partial charge in [-0.2, -0.15) is 0 Å². The number of unbranched alkanes of at least 4 members (excludes halogenated alkanes) is 14. The molecule has 0 unspecified atom stereocenters. The van der Waals surface area contributed by atoms with E-state index in [0.29, 0.717) is 11.6 Å². The van der Waals surface area contributed by atoms with Gasteiger partial charge >= 0.3 is 0 Å². The van der Waals surface area contributed by atoms with Crippen LogP contribution in [0.5, 0.6) is 0 Å². The molecule has 0 radical (unpaired) electrons. The summed E-state index contributed by atoms with van der Waals surface area (Å²) in [6.07, 6.45) is 22.2. The van der Waals surface area contributed by atoms with E-state index >= 15 is 0 Å². The fourth-order valence-corrected chi connectivity index (χ4v) is 5.54. The Bertz CT molecular complexity index is 674. The van der Waals surface area contributed by atoms with Crippen molar-refractivity contribution in [3.8, 4) is 0 Å². The number of amides is 1. The van der Waals surface area contributed by atoms with Crippen LogP contribution in [0.15, 0.2) is 18.3 Å². The number of carbonyl (C=O) groups is 1. The number of rotatable bonds is 20. The average molecular weight is 613 g/mol. The van der Waals surface area contributed by atoms with Gasteiger partial charge in [-0.3, -0.25) is 9.69 Å². The molecule has 6 heteroatoms. The lowest BCUT2D eigenvalue weighted by Crippen LogP contribution is -2.49. The van der Waals surface area contributed by atoms with Crippen LogP contribution in [-0.2, 0) is 0 Å². The van der Waals surface area contributed by atoms with Crippen LogP contribution in [0.3, 0.4) is 0 Å². The number of nitrogens with one attached hydrogen (secondary N) is 1. The molecule has 1 saturated heterocycles. The minimum Gasteiger partial charge on any atom is -0.354 e. The fraction of sp³-hybridized carbons (Fsp3) is 0.800. The van der Waals surface area contributed by atoms with Gasteiger partial charge < -0.3 is 10.2 Å². The summed E-state index contributed by atoms with van der Waals surface area (Å²) >= 11 is 2.48. The minimum atomic E-state index is -0.000637. The zero-order valence-corrected chi connectivity index (χ0v) is 25.4. The van der Waals surface area contributed by atoms with Crippen LogP contribution in [0.1, 0.15) is 121 Å². The van der Waals surface area contributed by atoms with Gasteiger partial charge in [0, 0.05) is 45.0 Å². The molecule has 0 atom stereocenters. The van der Waals surface area contributed by atoms with E-state index < -0.39 is 0 Å². The second-order valence-electron chi connectivity index (χ2n) is 10.8. The monoisotopic (exact) mass is 612 g/mol. The Labute approximate surface area is 235 Å².